The van der Waals surface area contributed by atoms with Gasteiger partial charge in [-0.3, -0.25) is 14.3 Å². The molecule has 1 aliphatic heterocycles. The van der Waals surface area contributed by atoms with Gasteiger partial charge in [0.05, 0.1) is 5.56 Å². The molecule has 1 atom stereocenters. The van der Waals surface area contributed by atoms with Crippen molar-refractivity contribution in [2.75, 3.05) is 13.1 Å². The molecule has 3 heterocycles. The summed E-state index contributed by atoms with van der Waals surface area (Å²) in [5.74, 6) is -0.751. The molecule has 0 aliphatic carbocycles. The molecule has 0 bridgehead atoms. The fourth-order valence-electron chi connectivity index (χ4n) is 3.36. The Labute approximate surface area is 140 Å². The van der Waals surface area contributed by atoms with E-state index in [4.69, 9.17) is 5.11 Å². The van der Waals surface area contributed by atoms with Gasteiger partial charge in [-0.25, -0.2) is 0 Å². The average Bonchev–Trinajstić information content (AvgIpc) is 3.14. The van der Waals surface area contributed by atoms with E-state index < -0.39 is 5.97 Å². The van der Waals surface area contributed by atoms with E-state index in [1.807, 2.05) is 41.8 Å². The highest BCUT2D eigenvalue weighted by Crippen LogP contribution is 2.28. The number of carbonyl (C=O) groups excluding carboxylic acids is 1. The van der Waals surface area contributed by atoms with Crippen molar-refractivity contribution in [1.82, 2.24) is 19.2 Å². The molecule has 1 amide bonds. The lowest BCUT2D eigenvalue weighted by Crippen LogP contribution is -2.40. The monoisotopic (exact) mass is 330 g/mol. The van der Waals surface area contributed by atoms with E-state index in [0.29, 0.717) is 6.54 Å². The van der Waals surface area contributed by atoms with E-state index in [9.17, 15) is 9.59 Å². The van der Waals surface area contributed by atoms with Crippen LogP contribution in [0.3, 0.4) is 0 Å². The maximum Gasteiger partial charge on any atom is 0.325 e. The number of carboxylic acids is 1. The van der Waals surface area contributed by atoms with Gasteiger partial charge in [-0.05, 0) is 31.9 Å². The zero-order chi connectivity index (χ0) is 17.3. The number of aromatic nitrogens is 3. The summed E-state index contributed by atoms with van der Waals surface area (Å²) in [6.07, 6.45) is 5.36. The number of amides is 1. The van der Waals surface area contributed by atoms with E-state index in [0.717, 1.165) is 36.3 Å². The van der Waals surface area contributed by atoms with Crippen molar-refractivity contribution < 1.29 is 14.7 Å². The van der Waals surface area contributed by atoms with Crippen LogP contribution in [0.4, 0.5) is 0 Å². The van der Waals surface area contributed by atoms with E-state index in [2.05, 4.69) is 5.10 Å². The molecule has 24 heavy (non-hydrogen) atoms. The second-order valence-electron chi connectivity index (χ2n) is 6.32. The van der Waals surface area contributed by atoms with Crippen LogP contribution in [0.2, 0.25) is 0 Å². The third-order valence-electron chi connectivity index (χ3n) is 4.78. The molecule has 0 spiro atoms. The molecule has 7 nitrogen and oxygen atoms in total. The molecule has 1 saturated heterocycles. The van der Waals surface area contributed by atoms with Crippen molar-refractivity contribution in [3.8, 4) is 0 Å². The molecule has 7 heteroatoms. The number of nitrogens with zero attached hydrogens (tertiary/aromatic N) is 4. The SMILES string of the molecule is Cc1c(C(=O)N2CCC[C@H](c3ccnn3CC(=O)O)C2)ccn1C. The van der Waals surface area contributed by atoms with Gasteiger partial charge in [-0.15, -0.1) is 0 Å². The van der Waals surface area contributed by atoms with Crippen molar-refractivity contribution in [3.05, 3.63) is 41.5 Å². The zero-order valence-electron chi connectivity index (χ0n) is 14.0. The van der Waals surface area contributed by atoms with Gasteiger partial charge in [-0.2, -0.15) is 5.10 Å². The highest BCUT2D eigenvalue weighted by molar-refractivity contribution is 5.95. The van der Waals surface area contributed by atoms with Crippen LogP contribution in [-0.2, 0) is 18.4 Å². The van der Waals surface area contributed by atoms with Gasteiger partial charge in [0, 0.05) is 49.8 Å². The van der Waals surface area contributed by atoms with Gasteiger partial charge in [0.25, 0.3) is 5.91 Å². The summed E-state index contributed by atoms with van der Waals surface area (Å²) in [4.78, 5) is 25.6. The lowest BCUT2D eigenvalue weighted by Gasteiger charge is -2.33. The topological polar surface area (TPSA) is 80.4 Å². The van der Waals surface area contributed by atoms with Gasteiger partial charge < -0.3 is 14.6 Å². The van der Waals surface area contributed by atoms with Crippen LogP contribution in [0.1, 0.15) is 40.5 Å². The predicted molar refractivity (Wildman–Crippen MR) is 87.9 cm³/mol. The highest BCUT2D eigenvalue weighted by atomic mass is 16.4. The number of hydrogen-bond acceptors (Lipinski definition) is 3. The summed E-state index contributed by atoms with van der Waals surface area (Å²) >= 11 is 0. The van der Waals surface area contributed by atoms with E-state index in [-0.39, 0.29) is 18.4 Å². The van der Waals surface area contributed by atoms with Crippen molar-refractivity contribution in [1.29, 1.82) is 0 Å². The Balaban J connectivity index is 1.77. The first kappa shape index (κ1) is 16.3. The van der Waals surface area contributed by atoms with Crippen LogP contribution in [-0.4, -0.2) is 49.3 Å². The Bertz CT molecular complexity index is 762. The van der Waals surface area contributed by atoms with Gasteiger partial charge in [0.1, 0.15) is 6.54 Å². The minimum absolute atomic E-state index is 0.0436. The first-order chi connectivity index (χ1) is 11.5. The van der Waals surface area contributed by atoms with Crippen LogP contribution in [0, 0.1) is 6.92 Å². The Hall–Kier alpha value is -2.57. The molecule has 0 aromatic carbocycles. The third-order valence-corrected chi connectivity index (χ3v) is 4.78. The van der Waals surface area contributed by atoms with Gasteiger partial charge in [0.2, 0.25) is 0 Å². The Morgan fingerprint density at radius 3 is 2.83 bits per heavy atom. The van der Waals surface area contributed by atoms with Gasteiger partial charge in [0.15, 0.2) is 0 Å². The number of piperidine rings is 1. The number of aryl methyl sites for hydroxylation is 1. The predicted octanol–water partition coefficient (Wildman–Crippen LogP) is 1.63. The van der Waals surface area contributed by atoms with E-state index in [1.54, 1.807) is 6.20 Å². The average molecular weight is 330 g/mol. The van der Waals surface area contributed by atoms with Crippen molar-refractivity contribution >= 4 is 11.9 Å². The first-order valence-corrected chi connectivity index (χ1v) is 8.12. The Kier molecular flexibility index (Phi) is 4.42. The molecule has 3 rings (SSSR count). The van der Waals surface area contributed by atoms with Crippen molar-refractivity contribution in [2.24, 2.45) is 7.05 Å². The van der Waals surface area contributed by atoms with E-state index in [1.165, 1.54) is 4.68 Å². The van der Waals surface area contributed by atoms with Gasteiger partial charge >= 0.3 is 5.97 Å². The molecule has 0 saturated carbocycles. The second kappa shape index (κ2) is 6.51. The summed E-state index contributed by atoms with van der Waals surface area (Å²) < 4.78 is 3.46. The van der Waals surface area contributed by atoms with Crippen LogP contribution in [0.5, 0.6) is 0 Å². The van der Waals surface area contributed by atoms with Crippen molar-refractivity contribution in [3.63, 3.8) is 0 Å². The number of aliphatic carboxylic acids is 1. The molecule has 0 radical (unpaired) electrons. The van der Waals surface area contributed by atoms with Crippen LogP contribution in [0.15, 0.2) is 24.5 Å². The largest absolute Gasteiger partial charge is 0.480 e. The zero-order valence-corrected chi connectivity index (χ0v) is 14.0. The molecule has 1 N–H and O–H groups in total. The normalized spacial score (nSPS) is 17.9. The molecule has 128 valence electrons. The molecule has 2 aromatic heterocycles. The summed E-state index contributed by atoms with van der Waals surface area (Å²) in [5.41, 5.74) is 2.58. The van der Waals surface area contributed by atoms with E-state index >= 15 is 0 Å². The highest BCUT2D eigenvalue weighted by Gasteiger charge is 2.28. The number of carboxylic acid groups (broad SMARTS) is 1. The third kappa shape index (κ3) is 3.06. The number of carbonyl (C=O) groups is 2. The minimum atomic E-state index is -0.913. The Morgan fingerprint density at radius 2 is 2.17 bits per heavy atom. The molecule has 1 fully saturated rings. The summed E-state index contributed by atoms with van der Waals surface area (Å²) in [5, 5.41) is 13.1. The lowest BCUT2D eigenvalue weighted by molar-refractivity contribution is -0.137. The molecule has 0 unspecified atom stereocenters. The number of hydrogen-bond donors (Lipinski definition) is 1. The first-order valence-electron chi connectivity index (χ1n) is 8.12. The fourth-order valence-corrected chi connectivity index (χ4v) is 3.36. The van der Waals surface area contributed by atoms with Crippen molar-refractivity contribution in [2.45, 2.75) is 32.2 Å². The summed E-state index contributed by atoms with van der Waals surface area (Å²) in [6.45, 7) is 3.12. The number of likely N-dealkylation sites (tertiary alicyclic amines) is 1. The van der Waals surface area contributed by atoms with Crippen LogP contribution >= 0.6 is 0 Å². The maximum atomic E-state index is 12.8. The molecule has 1 aliphatic rings. The second-order valence-corrected chi connectivity index (χ2v) is 6.32. The van der Waals surface area contributed by atoms with Crippen LogP contribution < -0.4 is 0 Å². The Morgan fingerprint density at radius 1 is 1.38 bits per heavy atom. The smallest absolute Gasteiger partial charge is 0.325 e. The quantitative estimate of drug-likeness (QED) is 0.924. The number of rotatable bonds is 4. The summed E-state index contributed by atoms with van der Waals surface area (Å²) in [6, 6.07) is 3.71. The lowest BCUT2D eigenvalue weighted by atomic mass is 9.94. The summed E-state index contributed by atoms with van der Waals surface area (Å²) in [7, 11) is 1.93. The molecular weight excluding hydrogens is 308 g/mol. The standard InChI is InChI=1S/C17H22N4O3/c1-12-14(6-9-19(12)2)17(24)20-8-3-4-13(10-20)15-5-7-18-21(15)11-16(22)23/h5-7,9,13H,3-4,8,10-11H2,1-2H3,(H,22,23)/t13-/m0/s1. The maximum absolute atomic E-state index is 12.8. The minimum Gasteiger partial charge on any atom is -0.480 e. The molecular formula is C17H22N4O3. The fraction of sp³-hybridized carbons (Fsp3) is 0.471. The van der Waals surface area contributed by atoms with Crippen LogP contribution in [0.25, 0.3) is 0 Å². The van der Waals surface area contributed by atoms with Gasteiger partial charge in [-0.1, -0.05) is 0 Å². The molecule has 2 aromatic rings.